The van der Waals surface area contributed by atoms with Gasteiger partial charge in [-0.05, 0) is 41.5 Å². The number of nitrogens with one attached hydrogen (secondary N) is 1. The van der Waals surface area contributed by atoms with E-state index in [4.69, 9.17) is 15.2 Å². The summed E-state index contributed by atoms with van der Waals surface area (Å²) < 4.78 is 12.4. The van der Waals surface area contributed by atoms with E-state index in [1.165, 1.54) is 0 Å². The van der Waals surface area contributed by atoms with Gasteiger partial charge in [-0.3, -0.25) is 0 Å². The lowest BCUT2D eigenvalue weighted by Gasteiger charge is -2.10. The second-order valence-electron chi connectivity index (χ2n) is 5.86. The average Bonchev–Trinajstić information content (AvgIpc) is 3.25. The summed E-state index contributed by atoms with van der Waals surface area (Å²) in [5, 5.41) is 7.35. The molecule has 0 unspecified atom stereocenters. The molecule has 7 nitrogen and oxygen atoms in total. The van der Waals surface area contributed by atoms with Crippen molar-refractivity contribution < 1.29 is 9.47 Å². The molecule has 2 aromatic carbocycles. The molecule has 0 fully saturated rings. The van der Waals surface area contributed by atoms with Crippen LogP contribution >= 0.6 is 24.0 Å². The van der Waals surface area contributed by atoms with Gasteiger partial charge in [-0.15, -0.1) is 24.0 Å². The van der Waals surface area contributed by atoms with Gasteiger partial charge >= 0.3 is 0 Å². The third kappa shape index (κ3) is 5.62. The van der Waals surface area contributed by atoms with Gasteiger partial charge in [0, 0.05) is 18.9 Å². The minimum absolute atomic E-state index is 0. The van der Waals surface area contributed by atoms with E-state index < -0.39 is 0 Å². The standard InChI is InChI=1S/C20H23N5O2.HI/c1-26-18-8-7-16(12-19(18)27-2)14-23-20(21)22-13-15-5-3-6-17(11-15)25-10-4-9-24-25;/h3-12H,13-14H2,1-2H3,(H3,21,22,23);1H. The molecule has 0 spiro atoms. The van der Waals surface area contributed by atoms with Crippen LogP contribution in [-0.4, -0.2) is 30.0 Å². The molecule has 28 heavy (non-hydrogen) atoms. The van der Waals surface area contributed by atoms with Crippen LogP contribution in [0.2, 0.25) is 0 Å². The van der Waals surface area contributed by atoms with E-state index in [9.17, 15) is 0 Å². The van der Waals surface area contributed by atoms with Gasteiger partial charge in [0.2, 0.25) is 0 Å². The normalized spacial score (nSPS) is 10.9. The van der Waals surface area contributed by atoms with E-state index in [2.05, 4.69) is 15.4 Å². The summed E-state index contributed by atoms with van der Waals surface area (Å²) in [5.41, 5.74) is 9.06. The number of benzene rings is 2. The van der Waals surface area contributed by atoms with Gasteiger partial charge in [0.15, 0.2) is 17.5 Å². The maximum Gasteiger partial charge on any atom is 0.189 e. The molecule has 0 saturated heterocycles. The number of ether oxygens (including phenoxy) is 2. The first kappa shape index (κ1) is 21.5. The summed E-state index contributed by atoms with van der Waals surface area (Å²) >= 11 is 0. The van der Waals surface area contributed by atoms with Crippen LogP contribution in [0.5, 0.6) is 11.5 Å². The van der Waals surface area contributed by atoms with Crippen LogP contribution in [0.15, 0.2) is 65.9 Å². The minimum atomic E-state index is 0. The molecule has 148 valence electrons. The molecular weight excluding hydrogens is 469 g/mol. The fraction of sp³-hybridized carbons (Fsp3) is 0.200. The SMILES string of the molecule is COc1ccc(CNC(N)=NCc2cccc(-n3cccn3)c2)cc1OC.I. The fourth-order valence-electron chi connectivity index (χ4n) is 2.63. The summed E-state index contributed by atoms with van der Waals surface area (Å²) in [6.45, 7) is 1.03. The molecule has 3 N–H and O–H groups in total. The van der Waals surface area contributed by atoms with Crippen molar-refractivity contribution in [2.24, 2.45) is 10.7 Å². The van der Waals surface area contributed by atoms with Crippen molar-refractivity contribution in [3.05, 3.63) is 72.1 Å². The number of aromatic nitrogens is 2. The van der Waals surface area contributed by atoms with Crippen LogP contribution in [0.1, 0.15) is 11.1 Å². The minimum Gasteiger partial charge on any atom is -0.493 e. The maximum atomic E-state index is 5.99. The molecule has 0 aliphatic heterocycles. The number of rotatable bonds is 7. The summed E-state index contributed by atoms with van der Waals surface area (Å²) in [5.74, 6) is 1.76. The predicted molar refractivity (Wildman–Crippen MR) is 121 cm³/mol. The molecule has 3 aromatic rings. The van der Waals surface area contributed by atoms with Gasteiger partial charge in [0.05, 0.1) is 26.5 Å². The first-order valence-corrected chi connectivity index (χ1v) is 8.53. The lowest BCUT2D eigenvalue weighted by atomic mass is 10.2. The quantitative estimate of drug-likeness (QED) is 0.300. The highest BCUT2D eigenvalue weighted by Gasteiger charge is 2.05. The van der Waals surface area contributed by atoms with E-state index in [-0.39, 0.29) is 24.0 Å². The molecule has 0 aliphatic rings. The lowest BCUT2D eigenvalue weighted by molar-refractivity contribution is 0.354. The van der Waals surface area contributed by atoms with Gasteiger partial charge in [0.1, 0.15) is 0 Å². The Kier molecular flexibility index (Phi) is 8.12. The van der Waals surface area contributed by atoms with Gasteiger partial charge in [-0.1, -0.05) is 18.2 Å². The Morgan fingerprint density at radius 3 is 2.61 bits per heavy atom. The predicted octanol–water partition coefficient (Wildman–Crippen LogP) is 3.11. The third-order valence-corrected chi connectivity index (χ3v) is 4.03. The van der Waals surface area contributed by atoms with Crippen LogP contribution in [0.4, 0.5) is 0 Å². The van der Waals surface area contributed by atoms with Crippen LogP contribution < -0.4 is 20.5 Å². The molecule has 0 amide bonds. The zero-order valence-electron chi connectivity index (χ0n) is 15.8. The second-order valence-corrected chi connectivity index (χ2v) is 5.86. The number of methoxy groups -OCH3 is 2. The molecule has 3 rings (SSSR count). The van der Waals surface area contributed by atoms with Gasteiger partial charge in [0.25, 0.3) is 0 Å². The van der Waals surface area contributed by atoms with Crippen molar-refractivity contribution >= 4 is 29.9 Å². The van der Waals surface area contributed by atoms with Crippen molar-refractivity contribution in [1.29, 1.82) is 0 Å². The highest BCUT2D eigenvalue weighted by Crippen LogP contribution is 2.27. The molecule has 1 aromatic heterocycles. The third-order valence-electron chi connectivity index (χ3n) is 4.03. The number of hydrogen-bond donors (Lipinski definition) is 2. The van der Waals surface area contributed by atoms with Gasteiger partial charge in [-0.25, -0.2) is 9.67 Å². The Morgan fingerprint density at radius 1 is 1.07 bits per heavy atom. The molecular formula is C20H24IN5O2. The maximum absolute atomic E-state index is 5.99. The fourth-order valence-corrected chi connectivity index (χ4v) is 2.63. The van der Waals surface area contributed by atoms with Crippen molar-refractivity contribution in [2.75, 3.05) is 14.2 Å². The van der Waals surface area contributed by atoms with Crippen molar-refractivity contribution in [1.82, 2.24) is 15.1 Å². The van der Waals surface area contributed by atoms with Crippen LogP contribution in [0, 0.1) is 0 Å². The molecule has 0 saturated carbocycles. The van der Waals surface area contributed by atoms with Crippen LogP contribution in [-0.2, 0) is 13.1 Å². The zero-order chi connectivity index (χ0) is 19.1. The van der Waals surface area contributed by atoms with Crippen molar-refractivity contribution in [2.45, 2.75) is 13.1 Å². The lowest BCUT2D eigenvalue weighted by Crippen LogP contribution is -2.31. The Balaban J connectivity index is 0.00000280. The number of nitrogens with two attached hydrogens (primary N) is 1. The first-order valence-electron chi connectivity index (χ1n) is 8.53. The van der Waals surface area contributed by atoms with Crippen molar-refractivity contribution in [3.8, 4) is 17.2 Å². The Morgan fingerprint density at radius 2 is 1.89 bits per heavy atom. The van der Waals surface area contributed by atoms with E-state index in [0.717, 1.165) is 16.8 Å². The summed E-state index contributed by atoms with van der Waals surface area (Å²) in [6, 6.07) is 15.6. The van der Waals surface area contributed by atoms with Gasteiger partial charge in [-0.2, -0.15) is 5.10 Å². The highest BCUT2D eigenvalue weighted by atomic mass is 127. The molecule has 8 heteroatoms. The van der Waals surface area contributed by atoms with Crippen LogP contribution in [0.3, 0.4) is 0 Å². The van der Waals surface area contributed by atoms with E-state index in [1.54, 1.807) is 20.4 Å². The second kappa shape index (κ2) is 10.5. The van der Waals surface area contributed by atoms with E-state index >= 15 is 0 Å². The van der Waals surface area contributed by atoms with E-state index in [1.807, 2.05) is 59.4 Å². The summed E-state index contributed by atoms with van der Waals surface area (Å²) in [6.07, 6.45) is 3.66. The summed E-state index contributed by atoms with van der Waals surface area (Å²) in [7, 11) is 3.23. The van der Waals surface area contributed by atoms with Crippen molar-refractivity contribution in [3.63, 3.8) is 0 Å². The molecule has 1 heterocycles. The number of halogens is 1. The topological polar surface area (TPSA) is 86.7 Å². The number of hydrogen-bond acceptors (Lipinski definition) is 4. The average molecular weight is 493 g/mol. The number of aliphatic imine (C=N–C) groups is 1. The molecule has 0 bridgehead atoms. The molecule has 0 atom stereocenters. The number of nitrogens with zero attached hydrogens (tertiary/aromatic N) is 3. The van der Waals surface area contributed by atoms with Gasteiger partial charge < -0.3 is 20.5 Å². The Hall–Kier alpha value is -2.75. The molecule has 0 aliphatic carbocycles. The first-order chi connectivity index (χ1) is 13.2. The van der Waals surface area contributed by atoms with E-state index in [0.29, 0.717) is 30.5 Å². The molecule has 0 radical (unpaired) electrons. The zero-order valence-corrected chi connectivity index (χ0v) is 18.2. The smallest absolute Gasteiger partial charge is 0.189 e. The number of guanidine groups is 1. The highest BCUT2D eigenvalue weighted by molar-refractivity contribution is 14.0. The summed E-state index contributed by atoms with van der Waals surface area (Å²) in [4.78, 5) is 4.41. The van der Waals surface area contributed by atoms with Crippen LogP contribution in [0.25, 0.3) is 5.69 Å². The Bertz CT molecular complexity index is 913. The largest absolute Gasteiger partial charge is 0.493 e. The monoisotopic (exact) mass is 493 g/mol. The Labute approximate surface area is 181 Å².